The van der Waals surface area contributed by atoms with E-state index in [9.17, 15) is 13.2 Å². The fourth-order valence-corrected chi connectivity index (χ4v) is 1.16. The lowest BCUT2D eigenvalue weighted by molar-refractivity contribution is 0.0853. The van der Waals surface area contributed by atoms with Crippen LogP contribution in [0.2, 0.25) is 0 Å². The Morgan fingerprint density at radius 1 is 1.58 bits per heavy atom. The quantitative estimate of drug-likeness (QED) is 0.627. The summed E-state index contributed by atoms with van der Waals surface area (Å²) >= 11 is 0. The largest absolute Gasteiger partial charge is 0.442 e. The fraction of sp³-hybridized carbons (Fsp3) is 0.833. The number of carbonyl (C=O) groups is 1. The molecule has 1 saturated carbocycles. The molecule has 0 aliphatic heterocycles. The molecule has 0 saturated heterocycles. The number of ether oxygens (including phenoxy) is 1. The van der Waals surface area contributed by atoms with Gasteiger partial charge in [-0.1, -0.05) is 6.92 Å². The lowest BCUT2D eigenvalue weighted by Crippen LogP contribution is -2.28. The Labute approximate surface area is 72.2 Å². The van der Waals surface area contributed by atoms with E-state index in [1.807, 2.05) is 6.92 Å². The second-order valence-corrected chi connectivity index (χ2v) is 3.53. The third-order valence-electron chi connectivity index (χ3n) is 1.94. The zero-order chi connectivity index (χ0) is 9.19. The van der Waals surface area contributed by atoms with Crippen LogP contribution in [0, 0.1) is 0 Å². The van der Waals surface area contributed by atoms with Crippen LogP contribution in [0.25, 0.3) is 0 Å². The molecular weight excluding hydrogens is 182 g/mol. The number of hydrogen-bond acceptors (Lipinski definition) is 4. The molecule has 6 heteroatoms. The van der Waals surface area contributed by atoms with Gasteiger partial charge in [-0.05, 0) is 19.3 Å². The molecule has 0 radical (unpaired) electrons. The Hall–Kier alpha value is -0.780. The molecule has 70 valence electrons. The lowest BCUT2D eigenvalue weighted by atomic mass is 10.3. The van der Waals surface area contributed by atoms with Gasteiger partial charge in [0.1, 0.15) is 5.60 Å². The number of carbonyl (C=O) groups excluding carboxylic acids is 1. The topological polar surface area (TPSA) is 72.5 Å². The van der Waals surface area contributed by atoms with Crippen LogP contribution >= 0.6 is 0 Å². The molecule has 0 aromatic rings. The van der Waals surface area contributed by atoms with Gasteiger partial charge in [0.15, 0.2) is 0 Å². The van der Waals surface area contributed by atoms with Crippen molar-refractivity contribution < 1.29 is 17.9 Å². The summed E-state index contributed by atoms with van der Waals surface area (Å²) in [4.78, 5) is 10.8. The molecule has 0 heterocycles. The SMILES string of the molecule is CCC1(OC(=O)N[SH](=O)=O)CC1. The first kappa shape index (κ1) is 9.31. The third kappa shape index (κ3) is 2.37. The van der Waals surface area contributed by atoms with Crippen molar-refractivity contribution in [2.75, 3.05) is 0 Å². The zero-order valence-electron chi connectivity index (χ0n) is 6.70. The summed E-state index contributed by atoms with van der Waals surface area (Å²) in [5.74, 6) is 0. The Balaban J connectivity index is 2.36. The molecule has 1 N–H and O–H groups in total. The highest BCUT2D eigenvalue weighted by atomic mass is 32.2. The molecule has 5 nitrogen and oxygen atoms in total. The van der Waals surface area contributed by atoms with E-state index < -0.39 is 17.0 Å². The summed E-state index contributed by atoms with van der Waals surface area (Å²) < 4.78 is 26.6. The minimum Gasteiger partial charge on any atom is -0.442 e. The molecule has 0 bridgehead atoms. The molecule has 1 aliphatic rings. The number of hydrogen-bond donors (Lipinski definition) is 2. The van der Waals surface area contributed by atoms with Gasteiger partial charge < -0.3 is 4.74 Å². The monoisotopic (exact) mass is 193 g/mol. The smallest absolute Gasteiger partial charge is 0.421 e. The van der Waals surface area contributed by atoms with Crippen LogP contribution in [0.4, 0.5) is 4.79 Å². The van der Waals surface area contributed by atoms with Gasteiger partial charge >= 0.3 is 6.09 Å². The Morgan fingerprint density at radius 3 is 2.50 bits per heavy atom. The molecule has 12 heavy (non-hydrogen) atoms. The second kappa shape index (κ2) is 3.30. The van der Waals surface area contributed by atoms with Crippen LogP contribution in [0.3, 0.4) is 0 Å². The molecular formula is C6H11NO4S. The first-order chi connectivity index (χ1) is 5.58. The maximum absolute atomic E-state index is 10.8. The van der Waals surface area contributed by atoms with E-state index in [0.29, 0.717) is 0 Å². The van der Waals surface area contributed by atoms with E-state index in [1.165, 1.54) is 0 Å². The van der Waals surface area contributed by atoms with E-state index in [1.54, 1.807) is 4.72 Å². The molecule has 1 aliphatic carbocycles. The molecule has 1 fully saturated rings. The van der Waals surface area contributed by atoms with Crippen molar-refractivity contribution in [2.45, 2.75) is 31.8 Å². The average molecular weight is 193 g/mol. The van der Waals surface area contributed by atoms with Gasteiger partial charge in [0.05, 0.1) is 0 Å². The van der Waals surface area contributed by atoms with Crippen LogP contribution < -0.4 is 4.72 Å². The number of thiol groups is 1. The van der Waals surface area contributed by atoms with Gasteiger partial charge in [-0.2, -0.15) is 0 Å². The Bertz CT molecular complexity index is 248. The normalized spacial score (nSPS) is 18.8. The maximum Gasteiger partial charge on any atom is 0.421 e. The summed E-state index contributed by atoms with van der Waals surface area (Å²) in [6.45, 7) is 1.90. The first-order valence-corrected chi connectivity index (χ1v) is 4.90. The second-order valence-electron chi connectivity index (χ2n) is 2.79. The number of nitrogens with one attached hydrogen (secondary N) is 1. The molecule has 0 aromatic heterocycles. The summed E-state index contributed by atoms with van der Waals surface area (Å²) in [6.07, 6.45) is 1.51. The average Bonchev–Trinajstić information content (AvgIpc) is 2.67. The van der Waals surface area contributed by atoms with Gasteiger partial charge in [-0.15, -0.1) is 0 Å². The summed E-state index contributed by atoms with van der Waals surface area (Å²) in [5.41, 5.74) is -0.380. The lowest BCUT2D eigenvalue weighted by Gasteiger charge is -2.12. The van der Waals surface area contributed by atoms with Crippen LogP contribution in [0.1, 0.15) is 26.2 Å². The molecule has 1 rings (SSSR count). The summed E-state index contributed by atoms with van der Waals surface area (Å²) in [6, 6.07) is 0. The Kier molecular flexibility index (Phi) is 2.56. The maximum atomic E-state index is 10.8. The molecule has 0 atom stereocenters. The minimum atomic E-state index is -2.89. The van der Waals surface area contributed by atoms with E-state index in [-0.39, 0.29) is 5.60 Å². The fourth-order valence-electron chi connectivity index (χ4n) is 0.961. The van der Waals surface area contributed by atoms with Crippen molar-refractivity contribution in [3.05, 3.63) is 0 Å². The first-order valence-electron chi connectivity index (χ1n) is 3.72. The highest BCUT2D eigenvalue weighted by Crippen LogP contribution is 2.42. The van der Waals surface area contributed by atoms with Crippen molar-refractivity contribution in [1.82, 2.24) is 4.72 Å². The van der Waals surface area contributed by atoms with Crippen molar-refractivity contribution in [2.24, 2.45) is 0 Å². The van der Waals surface area contributed by atoms with Gasteiger partial charge in [0, 0.05) is 0 Å². The van der Waals surface area contributed by atoms with E-state index in [4.69, 9.17) is 4.74 Å². The van der Waals surface area contributed by atoms with E-state index in [2.05, 4.69) is 0 Å². The number of rotatable bonds is 3. The minimum absolute atomic E-state index is 0.380. The van der Waals surface area contributed by atoms with Gasteiger partial charge in [0.25, 0.3) is 0 Å². The molecule has 0 aromatic carbocycles. The summed E-state index contributed by atoms with van der Waals surface area (Å²) in [7, 11) is -2.89. The highest BCUT2D eigenvalue weighted by Gasteiger charge is 2.45. The van der Waals surface area contributed by atoms with Crippen LogP contribution in [-0.4, -0.2) is 20.1 Å². The molecule has 0 unspecified atom stereocenters. The van der Waals surface area contributed by atoms with Gasteiger partial charge in [-0.25, -0.2) is 17.9 Å². The molecule has 1 amide bonds. The molecule has 0 spiro atoms. The van der Waals surface area contributed by atoms with Crippen molar-refractivity contribution in [1.29, 1.82) is 0 Å². The van der Waals surface area contributed by atoms with E-state index >= 15 is 0 Å². The predicted octanol–water partition coefficient (Wildman–Crippen LogP) is 0.182. The third-order valence-corrected chi connectivity index (χ3v) is 2.31. The standard InChI is InChI=1S/C6H11NO4S/c1-2-6(3-4-6)11-5(8)7-12(9)10/h12H,2-4H2,1H3,(H,7,8,9,10). The van der Waals surface area contributed by atoms with Crippen molar-refractivity contribution in [3.63, 3.8) is 0 Å². The van der Waals surface area contributed by atoms with Crippen LogP contribution in [0.5, 0.6) is 0 Å². The van der Waals surface area contributed by atoms with Gasteiger partial charge in [-0.3, -0.25) is 0 Å². The zero-order valence-corrected chi connectivity index (χ0v) is 7.60. The van der Waals surface area contributed by atoms with Crippen LogP contribution in [0.15, 0.2) is 0 Å². The summed E-state index contributed by atoms with van der Waals surface area (Å²) in [5, 5.41) is 0. The van der Waals surface area contributed by atoms with Crippen molar-refractivity contribution >= 4 is 17.0 Å². The van der Waals surface area contributed by atoms with Crippen molar-refractivity contribution in [3.8, 4) is 0 Å². The van der Waals surface area contributed by atoms with Crippen LogP contribution in [-0.2, 0) is 15.6 Å². The van der Waals surface area contributed by atoms with E-state index in [0.717, 1.165) is 19.3 Å². The predicted molar refractivity (Wildman–Crippen MR) is 42.2 cm³/mol. The van der Waals surface area contributed by atoms with Gasteiger partial charge in [0.2, 0.25) is 10.9 Å². The highest BCUT2D eigenvalue weighted by molar-refractivity contribution is 7.70. The Morgan fingerprint density at radius 2 is 2.17 bits per heavy atom. The number of amides is 1.